The molecule has 1 N–H and O–H groups in total. The smallest absolute Gasteiger partial charge is 0.231 e. The molecule has 3 nitrogen and oxygen atoms in total. The lowest BCUT2D eigenvalue weighted by Crippen LogP contribution is -2.16. The van der Waals surface area contributed by atoms with E-state index in [4.69, 9.17) is 23.2 Å². The van der Waals surface area contributed by atoms with Crippen molar-refractivity contribution in [3.63, 3.8) is 0 Å². The van der Waals surface area contributed by atoms with Crippen LogP contribution in [0.25, 0.3) is 0 Å². The fourth-order valence-electron chi connectivity index (χ4n) is 0.998. The molecule has 0 saturated heterocycles. The fourth-order valence-corrected chi connectivity index (χ4v) is 1.28. The van der Waals surface area contributed by atoms with Crippen LogP contribution in [-0.4, -0.2) is 17.6 Å². The first kappa shape index (κ1) is 12.0. The predicted molar refractivity (Wildman–Crippen MR) is 60.4 cm³/mol. The summed E-state index contributed by atoms with van der Waals surface area (Å²) in [6, 6.07) is 6.70. The maximum Gasteiger partial charge on any atom is 0.231 e. The van der Waals surface area contributed by atoms with Crippen LogP contribution in [0, 0.1) is 0 Å². The maximum atomic E-state index is 11.3. The van der Waals surface area contributed by atoms with Crippen molar-refractivity contribution in [2.75, 3.05) is 11.2 Å². The van der Waals surface area contributed by atoms with Crippen LogP contribution in [0.5, 0.6) is 0 Å². The molecule has 1 amide bonds. The number of carbonyl (C=O) groups is 2. The van der Waals surface area contributed by atoms with Gasteiger partial charge in [0.25, 0.3) is 0 Å². The zero-order valence-corrected chi connectivity index (χ0v) is 9.31. The van der Waals surface area contributed by atoms with Gasteiger partial charge < -0.3 is 5.32 Å². The van der Waals surface area contributed by atoms with E-state index in [1.807, 2.05) is 0 Å². The fraction of sp³-hybridized carbons (Fsp3) is 0.200. The van der Waals surface area contributed by atoms with E-state index in [2.05, 4.69) is 5.32 Å². The lowest BCUT2D eigenvalue weighted by molar-refractivity contribution is -0.124. The summed E-state index contributed by atoms with van der Waals surface area (Å²) in [7, 11) is 0. The van der Waals surface area contributed by atoms with Gasteiger partial charge in [-0.05, 0) is 18.2 Å². The molecule has 1 aromatic carbocycles. The topological polar surface area (TPSA) is 46.2 Å². The Morgan fingerprint density at radius 3 is 2.67 bits per heavy atom. The van der Waals surface area contributed by atoms with Gasteiger partial charge in [-0.3, -0.25) is 9.59 Å². The van der Waals surface area contributed by atoms with Crippen molar-refractivity contribution in [3.05, 3.63) is 29.3 Å². The Morgan fingerprint density at radius 1 is 1.33 bits per heavy atom. The number of ketones is 1. The SMILES string of the molecule is O=C(CCl)CC(=O)Nc1cccc(Cl)c1. The van der Waals surface area contributed by atoms with E-state index in [9.17, 15) is 9.59 Å². The lowest BCUT2D eigenvalue weighted by Gasteiger charge is -2.03. The molecule has 0 heterocycles. The van der Waals surface area contributed by atoms with Gasteiger partial charge in [-0.1, -0.05) is 17.7 Å². The number of carbonyl (C=O) groups excluding carboxylic acids is 2. The van der Waals surface area contributed by atoms with Gasteiger partial charge in [0, 0.05) is 10.7 Å². The Kier molecular flexibility index (Phi) is 4.59. The van der Waals surface area contributed by atoms with Crippen molar-refractivity contribution in [3.8, 4) is 0 Å². The number of amides is 1. The predicted octanol–water partition coefficient (Wildman–Crippen LogP) is 2.48. The highest BCUT2D eigenvalue weighted by atomic mass is 35.5. The molecule has 0 aromatic heterocycles. The van der Waals surface area contributed by atoms with Gasteiger partial charge in [0.15, 0.2) is 5.78 Å². The van der Waals surface area contributed by atoms with Crippen molar-refractivity contribution in [2.24, 2.45) is 0 Å². The van der Waals surface area contributed by atoms with Crippen molar-refractivity contribution in [1.29, 1.82) is 0 Å². The van der Waals surface area contributed by atoms with Gasteiger partial charge >= 0.3 is 0 Å². The number of nitrogens with one attached hydrogen (secondary N) is 1. The average Bonchev–Trinajstić information content (AvgIpc) is 2.17. The molecule has 0 aliphatic rings. The van der Waals surface area contributed by atoms with Gasteiger partial charge in [-0.15, -0.1) is 11.6 Å². The minimum absolute atomic E-state index is 0.150. The van der Waals surface area contributed by atoms with E-state index in [1.54, 1.807) is 24.3 Å². The van der Waals surface area contributed by atoms with Crippen LogP contribution in [-0.2, 0) is 9.59 Å². The second-order valence-corrected chi connectivity index (χ2v) is 3.61. The number of hydrogen-bond acceptors (Lipinski definition) is 2. The molecule has 0 unspecified atom stereocenters. The molecule has 0 atom stereocenters. The number of halogens is 2. The van der Waals surface area contributed by atoms with Crippen molar-refractivity contribution >= 4 is 40.6 Å². The third-order valence-corrected chi connectivity index (χ3v) is 2.15. The van der Waals surface area contributed by atoms with Crippen LogP contribution in [0.2, 0.25) is 5.02 Å². The lowest BCUT2D eigenvalue weighted by atomic mass is 10.2. The highest BCUT2D eigenvalue weighted by molar-refractivity contribution is 6.31. The van der Waals surface area contributed by atoms with Crippen molar-refractivity contribution < 1.29 is 9.59 Å². The van der Waals surface area contributed by atoms with Crippen LogP contribution >= 0.6 is 23.2 Å². The monoisotopic (exact) mass is 245 g/mol. The van der Waals surface area contributed by atoms with E-state index in [-0.39, 0.29) is 24.0 Å². The zero-order valence-electron chi connectivity index (χ0n) is 7.80. The number of Topliss-reactive ketones (excluding diaryl/α,β-unsaturated/α-hetero) is 1. The summed E-state index contributed by atoms with van der Waals surface area (Å²) in [5.74, 6) is -0.845. The van der Waals surface area contributed by atoms with Gasteiger partial charge in [-0.2, -0.15) is 0 Å². The summed E-state index contributed by atoms with van der Waals surface area (Å²) in [6.07, 6.45) is -0.212. The molecule has 0 saturated carbocycles. The number of rotatable bonds is 4. The minimum Gasteiger partial charge on any atom is -0.326 e. The number of anilines is 1. The highest BCUT2D eigenvalue weighted by Gasteiger charge is 2.08. The molecular weight excluding hydrogens is 237 g/mol. The van der Waals surface area contributed by atoms with E-state index in [0.717, 1.165) is 0 Å². The van der Waals surface area contributed by atoms with Gasteiger partial charge in [0.05, 0.1) is 12.3 Å². The third-order valence-electron chi connectivity index (χ3n) is 1.62. The molecule has 1 rings (SSSR count). The molecule has 1 aromatic rings. The van der Waals surface area contributed by atoms with Crippen LogP contribution in [0.1, 0.15) is 6.42 Å². The molecule has 15 heavy (non-hydrogen) atoms. The molecule has 80 valence electrons. The summed E-state index contributed by atoms with van der Waals surface area (Å²) in [4.78, 5) is 22.1. The Hall–Kier alpha value is -1.06. The molecule has 0 aliphatic heterocycles. The molecular formula is C10H9Cl2NO2. The van der Waals surface area contributed by atoms with Gasteiger partial charge in [-0.25, -0.2) is 0 Å². The number of benzene rings is 1. The zero-order chi connectivity index (χ0) is 11.3. The largest absolute Gasteiger partial charge is 0.326 e. The Labute approximate surface area is 97.4 Å². The summed E-state index contributed by atoms with van der Waals surface area (Å²) in [5.41, 5.74) is 0.565. The van der Waals surface area contributed by atoms with Crippen LogP contribution in [0.3, 0.4) is 0 Å². The first-order valence-corrected chi connectivity index (χ1v) is 5.16. The number of alkyl halides is 1. The summed E-state index contributed by atoms with van der Waals surface area (Å²) in [6.45, 7) is 0. The molecule has 5 heteroatoms. The van der Waals surface area contributed by atoms with Crippen LogP contribution in [0.4, 0.5) is 5.69 Å². The highest BCUT2D eigenvalue weighted by Crippen LogP contribution is 2.14. The third kappa shape index (κ3) is 4.32. The maximum absolute atomic E-state index is 11.3. The second kappa shape index (κ2) is 5.73. The van der Waals surface area contributed by atoms with E-state index >= 15 is 0 Å². The van der Waals surface area contributed by atoms with Crippen LogP contribution in [0.15, 0.2) is 24.3 Å². The van der Waals surface area contributed by atoms with E-state index in [1.165, 1.54) is 0 Å². The average molecular weight is 246 g/mol. The molecule has 0 fully saturated rings. The Morgan fingerprint density at radius 2 is 2.07 bits per heavy atom. The van der Waals surface area contributed by atoms with Gasteiger partial charge in [0.1, 0.15) is 0 Å². The molecule has 0 radical (unpaired) electrons. The Balaban J connectivity index is 2.55. The summed E-state index contributed by atoms with van der Waals surface area (Å²) >= 11 is 11.0. The minimum atomic E-state index is -0.386. The molecule has 0 spiro atoms. The van der Waals surface area contributed by atoms with Crippen molar-refractivity contribution in [1.82, 2.24) is 0 Å². The van der Waals surface area contributed by atoms with Crippen LogP contribution < -0.4 is 5.32 Å². The first-order chi connectivity index (χ1) is 7.11. The van der Waals surface area contributed by atoms with Gasteiger partial charge in [0.2, 0.25) is 5.91 Å². The first-order valence-electron chi connectivity index (χ1n) is 4.25. The van der Waals surface area contributed by atoms with E-state index in [0.29, 0.717) is 10.7 Å². The molecule has 0 aliphatic carbocycles. The quantitative estimate of drug-likeness (QED) is 0.655. The normalized spacial score (nSPS) is 9.73. The number of hydrogen-bond donors (Lipinski definition) is 1. The van der Waals surface area contributed by atoms with E-state index < -0.39 is 0 Å². The standard InChI is InChI=1S/C10H9Cl2NO2/c11-6-9(14)5-10(15)13-8-3-1-2-7(12)4-8/h1-4H,5-6H2,(H,13,15). The summed E-state index contributed by atoms with van der Waals surface area (Å²) in [5, 5.41) is 3.07. The second-order valence-electron chi connectivity index (χ2n) is 2.91. The molecule has 0 bridgehead atoms. The van der Waals surface area contributed by atoms with Crippen molar-refractivity contribution in [2.45, 2.75) is 6.42 Å². The summed E-state index contributed by atoms with van der Waals surface area (Å²) < 4.78 is 0. The Bertz CT molecular complexity index is 379.